The molecule has 0 saturated carbocycles. The second kappa shape index (κ2) is 9.97. The Bertz CT molecular complexity index is 1610. The van der Waals surface area contributed by atoms with E-state index in [2.05, 4.69) is 4.98 Å². The van der Waals surface area contributed by atoms with Crippen LogP contribution in [0.25, 0.3) is 11.3 Å². The van der Waals surface area contributed by atoms with Gasteiger partial charge in [-0.05, 0) is 29.8 Å². The summed E-state index contributed by atoms with van der Waals surface area (Å²) >= 11 is 0. The summed E-state index contributed by atoms with van der Waals surface area (Å²) in [6, 6.07) is 22.5. The quantitative estimate of drug-likeness (QED) is 0.322. The predicted octanol–water partition coefficient (Wildman–Crippen LogP) is 5.08. The highest BCUT2D eigenvalue weighted by molar-refractivity contribution is 5.95. The lowest BCUT2D eigenvalue weighted by atomic mass is 10.1. The molecular weight excluding hydrogens is 481 g/mol. The Hall–Kier alpha value is -4.72. The third-order valence-corrected chi connectivity index (χ3v) is 6.88. The third-order valence-electron chi connectivity index (χ3n) is 6.88. The van der Waals surface area contributed by atoms with Gasteiger partial charge in [0.2, 0.25) is 5.91 Å². The number of nitrogens with zero attached hydrogens (tertiary/aromatic N) is 5. The number of hydrogen-bond acceptors (Lipinski definition) is 4. The number of carbonyl (C=O) groups is 1. The number of fused-ring (bicyclic) bond motifs is 2. The van der Waals surface area contributed by atoms with Gasteiger partial charge < -0.3 is 18.8 Å². The van der Waals surface area contributed by atoms with Crippen LogP contribution in [0.15, 0.2) is 91.5 Å². The first-order valence-corrected chi connectivity index (χ1v) is 12.4. The van der Waals surface area contributed by atoms with Crippen LogP contribution in [0.2, 0.25) is 0 Å². The lowest BCUT2D eigenvalue weighted by molar-refractivity contribution is -0.118. The second-order valence-electron chi connectivity index (χ2n) is 9.26. The fourth-order valence-corrected chi connectivity index (χ4v) is 4.95. The zero-order valence-corrected chi connectivity index (χ0v) is 20.9. The summed E-state index contributed by atoms with van der Waals surface area (Å²) in [6.45, 7) is 1.10. The van der Waals surface area contributed by atoms with E-state index in [0.29, 0.717) is 35.1 Å². The summed E-state index contributed by atoms with van der Waals surface area (Å²) < 4.78 is 24.5. The number of imidazole rings is 2. The van der Waals surface area contributed by atoms with Crippen molar-refractivity contribution in [3.63, 3.8) is 0 Å². The molecule has 3 aromatic carbocycles. The van der Waals surface area contributed by atoms with Crippen molar-refractivity contribution < 1.29 is 13.9 Å². The minimum absolute atomic E-state index is 0.128. The molecule has 0 bridgehead atoms. The van der Waals surface area contributed by atoms with Crippen molar-refractivity contribution >= 4 is 11.6 Å². The largest absolute Gasteiger partial charge is 0.496 e. The van der Waals surface area contributed by atoms with E-state index in [1.54, 1.807) is 36.7 Å². The Morgan fingerprint density at radius 1 is 1.00 bits per heavy atom. The molecule has 1 aliphatic heterocycles. The molecule has 0 atom stereocenters. The highest BCUT2D eigenvalue weighted by atomic mass is 19.1. The van der Waals surface area contributed by atoms with Crippen LogP contribution in [0.4, 0.5) is 10.1 Å². The van der Waals surface area contributed by atoms with E-state index >= 15 is 4.39 Å². The zero-order valence-electron chi connectivity index (χ0n) is 20.9. The van der Waals surface area contributed by atoms with Crippen LogP contribution in [0, 0.1) is 5.82 Å². The lowest BCUT2D eigenvalue weighted by Crippen LogP contribution is -2.33. The van der Waals surface area contributed by atoms with E-state index in [4.69, 9.17) is 9.72 Å². The number of amides is 1. The maximum Gasteiger partial charge on any atom is 0.233 e. The van der Waals surface area contributed by atoms with Gasteiger partial charge in [-0.3, -0.25) is 4.79 Å². The molecule has 3 heterocycles. The van der Waals surface area contributed by atoms with Gasteiger partial charge in [0.05, 0.1) is 44.3 Å². The van der Waals surface area contributed by atoms with Gasteiger partial charge in [-0.25, -0.2) is 14.4 Å². The Morgan fingerprint density at radius 2 is 1.82 bits per heavy atom. The molecule has 1 aliphatic rings. The molecule has 2 aromatic heterocycles. The fraction of sp³-hybridized carbons (Fsp3) is 0.167. The minimum atomic E-state index is -0.352. The molecule has 1 amide bonds. The van der Waals surface area contributed by atoms with Crippen molar-refractivity contribution in [3.8, 4) is 17.0 Å². The molecule has 0 aliphatic carbocycles. The topological polar surface area (TPSA) is 65.2 Å². The van der Waals surface area contributed by atoms with Crippen LogP contribution in [0.1, 0.15) is 22.6 Å². The molecule has 7 nitrogen and oxygen atoms in total. The van der Waals surface area contributed by atoms with Crippen molar-refractivity contribution in [2.24, 2.45) is 0 Å². The van der Waals surface area contributed by atoms with Crippen molar-refractivity contribution in [2.75, 3.05) is 12.0 Å². The van der Waals surface area contributed by atoms with Crippen molar-refractivity contribution in [3.05, 3.63) is 120 Å². The summed E-state index contributed by atoms with van der Waals surface area (Å²) in [6.07, 6.45) is 5.47. The van der Waals surface area contributed by atoms with Gasteiger partial charge in [0.1, 0.15) is 17.4 Å². The van der Waals surface area contributed by atoms with Gasteiger partial charge in [-0.15, -0.1) is 0 Å². The number of anilines is 1. The van der Waals surface area contributed by atoms with Gasteiger partial charge in [0.25, 0.3) is 0 Å². The monoisotopic (exact) mass is 507 g/mol. The number of para-hydroxylation sites is 1. The SMILES string of the molecule is COc1ccccc1-c1cn2c(n1)CN(C(=O)Cc1cncn1Cc1ccccc1)c1cccc(F)c1C2. The van der Waals surface area contributed by atoms with E-state index in [-0.39, 0.29) is 31.2 Å². The normalized spacial score (nSPS) is 12.5. The molecule has 5 aromatic rings. The first kappa shape index (κ1) is 23.7. The highest BCUT2D eigenvalue weighted by Crippen LogP contribution is 2.34. The Morgan fingerprint density at radius 3 is 2.66 bits per heavy atom. The summed E-state index contributed by atoms with van der Waals surface area (Å²) in [4.78, 5) is 24.6. The molecule has 0 spiro atoms. The van der Waals surface area contributed by atoms with Gasteiger partial charge in [0, 0.05) is 35.8 Å². The van der Waals surface area contributed by atoms with Gasteiger partial charge in [-0.2, -0.15) is 0 Å². The van der Waals surface area contributed by atoms with Crippen LogP contribution >= 0.6 is 0 Å². The van der Waals surface area contributed by atoms with Crippen LogP contribution in [0.3, 0.4) is 0 Å². The number of benzene rings is 3. The van der Waals surface area contributed by atoms with Crippen LogP contribution in [-0.2, 0) is 30.8 Å². The first-order chi connectivity index (χ1) is 18.6. The average Bonchev–Trinajstić information content (AvgIpc) is 3.51. The number of rotatable bonds is 6. The molecule has 8 heteroatoms. The molecule has 0 N–H and O–H groups in total. The maximum atomic E-state index is 15.1. The zero-order chi connectivity index (χ0) is 26.1. The van der Waals surface area contributed by atoms with Crippen molar-refractivity contribution in [1.29, 1.82) is 0 Å². The third kappa shape index (κ3) is 4.45. The molecular formula is C30H26FN5O2. The Kier molecular flexibility index (Phi) is 6.21. The number of halogens is 1. The minimum Gasteiger partial charge on any atom is -0.496 e. The molecule has 38 heavy (non-hydrogen) atoms. The molecule has 190 valence electrons. The van der Waals surface area contributed by atoms with Crippen LogP contribution < -0.4 is 9.64 Å². The molecule has 0 radical (unpaired) electrons. The van der Waals surface area contributed by atoms with E-state index in [1.807, 2.05) is 69.9 Å². The Labute approximate surface area is 219 Å². The number of methoxy groups -OCH3 is 1. The molecule has 0 saturated heterocycles. The number of hydrogen-bond donors (Lipinski definition) is 0. The fourth-order valence-electron chi connectivity index (χ4n) is 4.95. The van der Waals surface area contributed by atoms with E-state index in [9.17, 15) is 4.79 Å². The number of ether oxygens (including phenoxy) is 1. The van der Waals surface area contributed by atoms with Crippen LogP contribution in [-0.4, -0.2) is 32.1 Å². The number of aromatic nitrogens is 4. The van der Waals surface area contributed by atoms with Gasteiger partial charge in [-0.1, -0.05) is 48.5 Å². The van der Waals surface area contributed by atoms with E-state index in [0.717, 1.165) is 16.8 Å². The smallest absolute Gasteiger partial charge is 0.233 e. The second-order valence-corrected chi connectivity index (χ2v) is 9.26. The average molecular weight is 508 g/mol. The van der Waals surface area contributed by atoms with Crippen LogP contribution in [0.5, 0.6) is 5.75 Å². The first-order valence-electron chi connectivity index (χ1n) is 12.4. The van der Waals surface area contributed by atoms with E-state index in [1.165, 1.54) is 6.07 Å². The highest BCUT2D eigenvalue weighted by Gasteiger charge is 2.28. The molecule has 0 fully saturated rings. The van der Waals surface area contributed by atoms with E-state index < -0.39 is 0 Å². The maximum absolute atomic E-state index is 15.1. The predicted molar refractivity (Wildman–Crippen MR) is 142 cm³/mol. The van der Waals surface area contributed by atoms with Gasteiger partial charge in [0.15, 0.2) is 0 Å². The summed E-state index contributed by atoms with van der Waals surface area (Å²) in [5, 5.41) is 0. The number of carbonyl (C=O) groups excluding carboxylic acids is 1. The molecule has 0 unspecified atom stereocenters. The lowest BCUT2D eigenvalue weighted by Gasteiger charge is -2.23. The van der Waals surface area contributed by atoms with Crippen molar-refractivity contribution in [1.82, 2.24) is 19.1 Å². The van der Waals surface area contributed by atoms with Gasteiger partial charge >= 0.3 is 0 Å². The summed E-state index contributed by atoms with van der Waals surface area (Å²) in [5.41, 5.74) is 4.49. The summed E-state index contributed by atoms with van der Waals surface area (Å²) in [5.74, 6) is 0.872. The Balaban J connectivity index is 1.34. The van der Waals surface area contributed by atoms with Crippen molar-refractivity contribution in [2.45, 2.75) is 26.1 Å². The molecule has 6 rings (SSSR count). The standard InChI is InChI=1S/C30H26FN5O2/c1-38-28-13-6-5-10-23(28)26-18-34-17-24-25(31)11-7-12-27(24)36(19-29(34)33-26)30(37)14-22-15-32-20-35(22)16-21-8-3-2-4-9-21/h2-13,15,18,20H,14,16-17,19H2,1H3. The summed E-state index contributed by atoms with van der Waals surface area (Å²) in [7, 11) is 1.62.